The number of hydrogen-bond acceptors (Lipinski definition) is 4. The van der Waals surface area contributed by atoms with Gasteiger partial charge in [0, 0.05) is 0 Å². The summed E-state index contributed by atoms with van der Waals surface area (Å²) in [5.74, 6) is 1.14. The maximum absolute atomic E-state index is 14.2. The molecule has 0 saturated heterocycles. The van der Waals surface area contributed by atoms with Gasteiger partial charge in [-0.15, -0.1) is 0 Å². The lowest BCUT2D eigenvalue weighted by atomic mass is 9.77. The van der Waals surface area contributed by atoms with E-state index >= 15 is 0 Å². The van der Waals surface area contributed by atoms with Gasteiger partial charge in [-0.25, -0.2) is 16.8 Å². The zero-order chi connectivity index (χ0) is 22.8. The summed E-state index contributed by atoms with van der Waals surface area (Å²) < 4.78 is 55.1. The van der Waals surface area contributed by atoms with Crippen molar-refractivity contribution >= 4 is 19.7 Å². The van der Waals surface area contributed by atoms with Crippen molar-refractivity contribution in [3.05, 3.63) is 60.7 Å². The Bertz CT molecular complexity index is 1240. The fourth-order valence-electron chi connectivity index (χ4n) is 8.49. The molecule has 0 radical (unpaired) electrons. The predicted molar refractivity (Wildman–Crippen MR) is 123 cm³/mol. The Balaban J connectivity index is 1.56. The third kappa shape index (κ3) is 2.10. The Hall–Kier alpha value is -1.66. The van der Waals surface area contributed by atoms with Crippen molar-refractivity contribution in [2.45, 2.75) is 60.3 Å². The van der Waals surface area contributed by atoms with Crippen molar-refractivity contribution in [1.82, 2.24) is 0 Å². The standard InChI is InChI=1S/C26H30O4S2/c1-23(2)20-14-15-24(3)21-16-25(17-26(21,24)22(20)23,31(27,28)18-10-6-4-7-11-18)32(29,30)19-12-8-5-9-13-19/h4-13,20-22H,14-17H2,1-3H3/t20-,21+,22+,24+,26?/m1/s1. The van der Waals surface area contributed by atoms with Gasteiger partial charge in [-0.2, -0.15) is 0 Å². The molecular weight excluding hydrogens is 440 g/mol. The van der Waals surface area contributed by atoms with E-state index in [9.17, 15) is 16.8 Å². The molecule has 5 atom stereocenters. The van der Waals surface area contributed by atoms with Crippen LogP contribution in [0, 0.1) is 34.0 Å². The van der Waals surface area contributed by atoms with E-state index in [1.54, 1.807) is 60.7 Å². The molecular formula is C26H30O4S2. The predicted octanol–water partition coefficient (Wildman–Crippen LogP) is 5.11. The molecule has 4 aliphatic rings. The van der Waals surface area contributed by atoms with E-state index in [1.165, 1.54) is 6.42 Å². The van der Waals surface area contributed by atoms with E-state index < -0.39 is 23.8 Å². The lowest BCUT2D eigenvalue weighted by molar-refractivity contribution is 0.212. The maximum atomic E-state index is 14.2. The smallest absolute Gasteiger partial charge is 0.198 e. The second-order valence-corrected chi connectivity index (χ2v) is 16.2. The van der Waals surface area contributed by atoms with Gasteiger partial charge in [0.05, 0.1) is 9.79 Å². The molecule has 0 bridgehead atoms. The molecule has 4 fully saturated rings. The lowest BCUT2D eigenvalue weighted by Gasteiger charge is -2.37. The van der Waals surface area contributed by atoms with Gasteiger partial charge in [0.2, 0.25) is 0 Å². The molecule has 0 amide bonds. The summed E-state index contributed by atoms with van der Waals surface area (Å²) in [6, 6.07) is 16.4. The first-order valence-corrected chi connectivity index (χ1v) is 14.5. The summed E-state index contributed by atoms with van der Waals surface area (Å²) in [4.78, 5) is 0.225. The molecule has 0 aromatic heterocycles. The monoisotopic (exact) mass is 470 g/mol. The summed E-state index contributed by atoms with van der Waals surface area (Å²) >= 11 is 0. The van der Waals surface area contributed by atoms with Crippen molar-refractivity contribution in [3.63, 3.8) is 0 Å². The summed E-state index contributed by atoms with van der Waals surface area (Å²) in [6.07, 6.45) is 2.68. The molecule has 2 aromatic carbocycles. The highest BCUT2D eigenvalue weighted by Crippen LogP contribution is 2.94. The van der Waals surface area contributed by atoms with Crippen molar-refractivity contribution in [1.29, 1.82) is 0 Å². The van der Waals surface area contributed by atoms with Crippen molar-refractivity contribution in [2.24, 2.45) is 34.0 Å². The molecule has 6 rings (SSSR count). The summed E-state index contributed by atoms with van der Waals surface area (Å²) in [6.45, 7) is 6.86. The Morgan fingerprint density at radius 1 is 0.781 bits per heavy atom. The van der Waals surface area contributed by atoms with Crippen LogP contribution in [0.1, 0.15) is 46.5 Å². The first-order valence-electron chi connectivity index (χ1n) is 11.6. The maximum Gasteiger partial charge on any atom is 0.198 e. The van der Waals surface area contributed by atoms with Crippen LogP contribution in [0.5, 0.6) is 0 Å². The third-order valence-electron chi connectivity index (χ3n) is 10.1. The highest BCUT2D eigenvalue weighted by atomic mass is 32.3. The number of rotatable bonds is 4. The lowest BCUT2D eigenvalue weighted by Crippen LogP contribution is -2.48. The number of sulfone groups is 2. The zero-order valence-corrected chi connectivity index (χ0v) is 20.4. The van der Waals surface area contributed by atoms with Crippen LogP contribution in [0.2, 0.25) is 0 Å². The second kappa shape index (κ2) is 5.87. The van der Waals surface area contributed by atoms with Gasteiger partial charge in [-0.05, 0) is 83.9 Å². The Labute approximate surface area is 191 Å². The molecule has 0 N–H and O–H groups in total. The van der Waals surface area contributed by atoms with Crippen LogP contribution in [0.4, 0.5) is 0 Å². The van der Waals surface area contributed by atoms with E-state index in [0.717, 1.165) is 6.42 Å². The molecule has 0 aliphatic heterocycles. The quantitative estimate of drug-likeness (QED) is 0.622. The molecule has 32 heavy (non-hydrogen) atoms. The average Bonchev–Trinajstić information content (AvgIpc) is 3.42. The highest BCUT2D eigenvalue weighted by Gasteiger charge is 2.91. The van der Waals surface area contributed by atoms with Crippen molar-refractivity contribution in [2.75, 3.05) is 0 Å². The summed E-state index contributed by atoms with van der Waals surface area (Å²) in [7, 11) is -8.24. The number of benzene rings is 2. The molecule has 6 heteroatoms. The van der Waals surface area contributed by atoms with Gasteiger partial charge in [-0.3, -0.25) is 0 Å². The van der Waals surface area contributed by atoms with Crippen LogP contribution in [0.25, 0.3) is 0 Å². The minimum atomic E-state index is -4.12. The van der Waals surface area contributed by atoms with E-state index in [4.69, 9.17) is 0 Å². The largest absolute Gasteiger partial charge is 0.222 e. The third-order valence-corrected chi connectivity index (χ3v) is 15.8. The molecule has 1 spiro atoms. The van der Waals surface area contributed by atoms with Crippen LogP contribution in [0.3, 0.4) is 0 Å². The van der Waals surface area contributed by atoms with Crippen LogP contribution in [-0.2, 0) is 19.7 Å². The molecule has 0 heterocycles. The zero-order valence-electron chi connectivity index (χ0n) is 18.8. The van der Waals surface area contributed by atoms with E-state index in [1.807, 2.05) is 0 Å². The van der Waals surface area contributed by atoms with Gasteiger partial charge in [0.1, 0.15) is 0 Å². The first kappa shape index (κ1) is 20.9. The molecule has 4 nitrogen and oxygen atoms in total. The highest BCUT2D eigenvalue weighted by molar-refractivity contribution is 8.10. The topological polar surface area (TPSA) is 68.3 Å². The molecule has 2 aromatic rings. The molecule has 4 aliphatic carbocycles. The Kier molecular flexibility index (Phi) is 3.84. The van der Waals surface area contributed by atoms with Gasteiger partial charge in [0.15, 0.2) is 23.8 Å². The minimum Gasteiger partial charge on any atom is -0.222 e. The molecule has 1 unspecified atom stereocenters. The normalized spacial score (nSPS) is 38.3. The molecule has 170 valence electrons. The van der Waals surface area contributed by atoms with E-state index in [-0.39, 0.29) is 44.8 Å². The van der Waals surface area contributed by atoms with Gasteiger partial charge >= 0.3 is 0 Å². The van der Waals surface area contributed by atoms with Crippen LogP contribution >= 0.6 is 0 Å². The first-order chi connectivity index (χ1) is 15.0. The summed E-state index contributed by atoms with van der Waals surface area (Å²) in [5.41, 5.74) is 0.0303. The average molecular weight is 471 g/mol. The fraction of sp³-hybridized carbons (Fsp3) is 0.538. The van der Waals surface area contributed by atoms with Gasteiger partial charge < -0.3 is 0 Å². The second-order valence-electron chi connectivity index (χ2n) is 11.4. The summed E-state index contributed by atoms with van der Waals surface area (Å²) in [5, 5.41) is 0. The van der Waals surface area contributed by atoms with E-state index in [0.29, 0.717) is 11.8 Å². The van der Waals surface area contributed by atoms with Gasteiger partial charge in [0.25, 0.3) is 0 Å². The van der Waals surface area contributed by atoms with Crippen LogP contribution < -0.4 is 0 Å². The SMILES string of the molecule is CC1(C)[C@@H]2CC[C@@]3(C)[C@@H]4CC(S(=O)(=O)c5ccccc5)(S(=O)(=O)c5ccccc5)CC43[C@@H]21. The Morgan fingerprint density at radius 3 is 1.78 bits per heavy atom. The number of hydrogen-bond donors (Lipinski definition) is 0. The fourth-order valence-corrected chi connectivity index (χ4v) is 13.7. The van der Waals surface area contributed by atoms with Crippen LogP contribution in [-0.4, -0.2) is 20.9 Å². The van der Waals surface area contributed by atoms with Crippen LogP contribution in [0.15, 0.2) is 70.5 Å². The van der Waals surface area contributed by atoms with Crippen molar-refractivity contribution in [3.8, 4) is 0 Å². The molecule has 4 saturated carbocycles. The minimum absolute atomic E-state index is 0.0594. The Morgan fingerprint density at radius 2 is 1.28 bits per heavy atom. The van der Waals surface area contributed by atoms with E-state index in [2.05, 4.69) is 20.8 Å². The number of fused-ring (bicyclic) bond motifs is 2. The van der Waals surface area contributed by atoms with Crippen molar-refractivity contribution < 1.29 is 16.8 Å². The van der Waals surface area contributed by atoms with Gasteiger partial charge in [-0.1, -0.05) is 57.2 Å².